The van der Waals surface area contributed by atoms with Gasteiger partial charge >= 0.3 is 0 Å². The van der Waals surface area contributed by atoms with Crippen molar-refractivity contribution in [3.63, 3.8) is 0 Å². The monoisotopic (exact) mass is 342 g/mol. The van der Waals surface area contributed by atoms with Gasteiger partial charge in [0.25, 0.3) is 0 Å². The van der Waals surface area contributed by atoms with Gasteiger partial charge in [0.05, 0.1) is 18.3 Å². The van der Waals surface area contributed by atoms with Crippen molar-refractivity contribution in [3.05, 3.63) is 23.3 Å². The van der Waals surface area contributed by atoms with Gasteiger partial charge in [0.1, 0.15) is 17.1 Å². The molecule has 0 bridgehead atoms. The number of hydrogen-bond donors (Lipinski definition) is 1. The molecule has 1 saturated heterocycles. The highest BCUT2D eigenvalue weighted by molar-refractivity contribution is 5.51. The van der Waals surface area contributed by atoms with Gasteiger partial charge in [-0.15, -0.1) is 0 Å². The number of hydrogen-bond acceptors (Lipinski definition) is 3. The second-order valence-electron chi connectivity index (χ2n) is 9.99. The molecule has 2 aliphatic carbocycles. The highest BCUT2D eigenvalue weighted by atomic mass is 16.5. The van der Waals surface area contributed by atoms with E-state index in [-0.39, 0.29) is 17.1 Å². The number of ether oxygens (including phenoxy) is 2. The minimum atomic E-state index is -0.182. The summed E-state index contributed by atoms with van der Waals surface area (Å²) in [6.07, 6.45) is 6.12. The fourth-order valence-corrected chi connectivity index (χ4v) is 7.20. The number of phenols is 1. The van der Waals surface area contributed by atoms with Gasteiger partial charge in [0.2, 0.25) is 0 Å². The van der Waals surface area contributed by atoms with E-state index in [2.05, 4.69) is 26.8 Å². The Kier molecular flexibility index (Phi) is 3.03. The summed E-state index contributed by atoms with van der Waals surface area (Å²) in [6.45, 7) is 10.0. The molecular weight excluding hydrogens is 312 g/mol. The van der Waals surface area contributed by atoms with Crippen LogP contribution >= 0.6 is 0 Å². The first-order chi connectivity index (χ1) is 11.8. The standard InChI is InChI=1S/C22H30O3/c1-13-10-14(23)17-15(11-13)25-21(4)9-6-16-20(2,3)7-5-8-22(16)12-24-18(17)19(21)22/h10-11,16,18-19,23H,5-9,12H2,1-4H3/t16-,18-,19-,21-,22-/m0/s1. The molecule has 136 valence electrons. The number of benzene rings is 1. The Morgan fingerprint density at radius 2 is 1.92 bits per heavy atom. The van der Waals surface area contributed by atoms with Crippen LogP contribution in [0.15, 0.2) is 12.1 Å². The van der Waals surface area contributed by atoms with Crippen LogP contribution in [0.5, 0.6) is 11.5 Å². The Labute approximate surface area is 150 Å². The number of fused-ring (bicyclic) bond motifs is 2. The molecule has 0 radical (unpaired) electrons. The summed E-state index contributed by atoms with van der Waals surface area (Å²) in [6, 6.07) is 3.92. The van der Waals surface area contributed by atoms with Gasteiger partial charge in [-0.3, -0.25) is 0 Å². The Balaban J connectivity index is 1.69. The van der Waals surface area contributed by atoms with Gasteiger partial charge < -0.3 is 14.6 Å². The van der Waals surface area contributed by atoms with Crippen LogP contribution in [0, 0.1) is 29.6 Å². The molecule has 1 N–H and O–H groups in total. The van der Waals surface area contributed by atoms with Gasteiger partial charge in [-0.1, -0.05) is 20.3 Å². The fourth-order valence-electron chi connectivity index (χ4n) is 7.20. The van der Waals surface area contributed by atoms with Crippen molar-refractivity contribution in [3.8, 4) is 11.5 Å². The van der Waals surface area contributed by atoms with Crippen molar-refractivity contribution in [1.29, 1.82) is 0 Å². The van der Waals surface area contributed by atoms with Gasteiger partial charge in [-0.05, 0) is 68.6 Å². The molecule has 3 heteroatoms. The van der Waals surface area contributed by atoms with Crippen LogP contribution in [0.4, 0.5) is 0 Å². The van der Waals surface area contributed by atoms with E-state index in [1.54, 1.807) is 0 Å². The van der Waals surface area contributed by atoms with Crippen LogP contribution in [-0.2, 0) is 4.74 Å². The first-order valence-corrected chi connectivity index (χ1v) is 9.91. The zero-order valence-electron chi connectivity index (χ0n) is 15.9. The Bertz CT molecular complexity index is 739. The van der Waals surface area contributed by atoms with Crippen LogP contribution in [0.2, 0.25) is 0 Å². The SMILES string of the molecule is Cc1cc(O)c2c(c1)O[C@@]1(C)CC[C@H]3C(C)(C)CCC[C@]34CO[C@@H]2[C@H]41. The van der Waals surface area contributed by atoms with Gasteiger partial charge in [0, 0.05) is 11.3 Å². The van der Waals surface area contributed by atoms with Crippen molar-refractivity contribution in [2.75, 3.05) is 6.61 Å². The lowest BCUT2D eigenvalue weighted by molar-refractivity contribution is -0.156. The Morgan fingerprint density at radius 1 is 1.12 bits per heavy atom. The summed E-state index contributed by atoms with van der Waals surface area (Å²) < 4.78 is 13.1. The van der Waals surface area contributed by atoms with Crippen LogP contribution in [0.25, 0.3) is 0 Å². The quantitative estimate of drug-likeness (QED) is 0.709. The predicted molar refractivity (Wildman–Crippen MR) is 96.8 cm³/mol. The number of aromatic hydroxyl groups is 1. The molecular formula is C22H30O3. The highest BCUT2D eigenvalue weighted by Gasteiger charge is 2.69. The fraction of sp³-hybridized carbons (Fsp3) is 0.727. The van der Waals surface area contributed by atoms with E-state index in [1.807, 2.05) is 13.0 Å². The smallest absolute Gasteiger partial charge is 0.129 e. The molecule has 1 aromatic rings. The van der Waals surface area contributed by atoms with Gasteiger partial charge in [0.15, 0.2) is 0 Å². The molecule has 3 nitrogen and oxygen atoms in total. The lowest BCUT2D eigenvalue weighted by atomic mass is 9.44. The molecule has 0 amide bonds. The molecule has 0 unspecified atom stereocenters. The van der Waals surface area contributed by atoms with Crippen LogP contribution in [0.1, 0.15) is 70.1 Å². The average Bonchev–Trinajstić information content (AvgIpc) is 2.86. The molecule has 2 saturated carbocycles. The summed E-state index contributed by atoms with van der Waals surface area (Å²) in [5.74, 6) is 2.22. The van der Waals surface area contributed by atoms with E-state index < -0.39 is 0 Å². The third-order valence-electron chi connectivity index (χ3n) is 8.03. The normalized spacial score (nSPS) is 43.6. The Morgan fingerprint density at radius 3 is 2.72 bits per heavy atom. The van der Waals surface area contributed by atoms with E-state index in [1.165, 1.54) is 25.7 Å². The lowest BCUT2D eigenvalue weighted by Crippen LogP contribution is -2.61. The van der Waals surface area contributed by atoms with Crippen molar-refractivity contribution < 1.29 is 14.6 Å². The van der Waals surface area contributed by atoms with Crippen LogP contribution in [0.3, 0.4) is 0 Å². The summed E-state index contributed by atoms with van der Waals surface area (Å²) in [5.41, 5.74) is 2.33. The molecule has 2 aliphatic heterocycles. The summed E-state index contributed by atoms with van der Waals surface area (Å²) in [4.78, 5) is 0. The van der Waals surface area contributed by atoms with E-state index in [0.717, 1.165) is 29.9 Å². The lowest BCUT2D eigenvalue weighted by Gasteiger charge is -2.61. The molecule has 3 fully saturated rings. The van der Waals surface area contributed by atoms with Crippen molar-refractivity contribution in [2.45, 2.75) is 71.5 Å². The molecule has 2 heterocycles. The molecule has 5 rings (SSSR count). The first kappa shape index (κ1) is 16.0. The second kappa shape index (κ2) is 4.73. The largest absolute Gasteiger partial charge is 0.507 e. The maximum absolute atomic E-state index is 10.7. The molecule has 0 aromatic heterocycles. The third-order valence-corrected chi connectivity index (χ3v) is 8.03. The molecule has 5 atom stereocenters. The van der Waals surface area contributed by atoms with Gasteiger partial charge in [-0.2, -0.15) is 0 Å². The summed E-state index contributed by atoms with van der Waals surface area (Å²) >= 11 is 0. The third kappa shape index (κ3) is 1.91. The summed E-state index contributed by atoms with van der Waals surface area (Å²) in [7, 11) is 0. The minimum absolute atomic E-state index is 0.0222. The maximum Gasteiger partial charge on any atom is 0.129 e. The molecule has 4 aliphatic rings. The first-order valence-electron chi connectivity index (χ1n) is 9.91. The summed E-state index contributed by atoms with van der Waals surface area (Å²) in [5, 5.41) is 10.7. The average molecular weight is 342 g/mol. The number of phenolic OH excluding ortho intramolecular Hbond substituents is 1. The van der Waals surface area contributed by atoms with Crippen molar-refractivity contribution >= 4 is 0 Å². The number of aryl methyl sites for hydroxylation is 1. The van der Waals surface area contributed by atoms with Crippen molar-refractivity contribution in [1.82, 2.24) is 0 Å². The van der Waals surface area contributed by atoms with E-state index in [4.69, 9.17) is 9.47 Å². The Hall–Kier alpha value is -1.22. The van der Waals surface area contributed by atoms with E-state index in [9.17, 15) is 5.11 Å². The maximum atomic E-state index is 10.7. The topological polar surface area (TPSA) is 38.7 Å². The predicted octanol–water partition coefficient (Wildman–Crippen LogP) is 5.15. The molecule has 25 heavy (non-hydrogen) atoms. The van der Waals surface area contributed by atoms with Gasteiger partial charge in [-0.25, -0.2) is 0 Å². The molecule has 1 aromatic carbocycles. The second-order valence-corrected chi connectivity index (χ2v) is 9.99. The van der Waals surface area contributed by atoms with Crippen LogP contribution in [-0.4, -0.2) is 17.3 Å². The zero-order chi connectivity index (χ0) is 17.6. The zero-order valence-corrected chi connectivity index (χ0v) is 15.9. The van der Waals surface area contributed by atoms with E-state index in [0.29, 0.717) is 23.0 Å². The minimum Gasteiger partial charge on any atom is -0.507 e. The van der Waals surface area contributed by atoms with Crippen LogP contribution < -0.4 is 4.74 Å². The van der Waals surface area contributed by atoms with Crippen molar-refractivity contribution in [2.24, 2.45) is 22.7 Å². The molecule has 1 spiro atoms. The number of rotatable bonds is 0. The van der Waals surface area contributed by atoms with E-state index >= 15 is 0 Å². The highest BCUT2D eigenvalue weighted by Crippen LogP contribution is 2.71.